The van der Waals surface area contributed by atoms with Crippen LogP contribution in [0.4, 0.5) is 0 Å². The van der Waals surface area contributed by atoms with Crippen LogP contribution in [0.1, 0.15) is 52.5 Å². The monoisotopic (exact) mass is 621 g/mol. The number of nitrogens with one attached hydrogen (secondary N) is 3. The largest absolute Gasteiger partial charge is 0.495 e. The van der Waals surface area contributed by atoms with Crippen LogP contribution in [0.15, 0.2) is 42.0 Å². The Balaban J connectivity index is 2.04. The summed E-state index contributed by atoms with van der Waals surface area (Å²) < 4.78 is 22.7. The van der Waals surface area contributed by atoms with Gasteiger partial charge in [-0.25, -0.2) is 0 Å². The number of methoxy groups -OCH3 is 1. The van der Waals surface area contributed by atoms with Gasteiger partial charge in [0, 0.05) is 25.4 Å². The quantitative estimate of drug-likeness (QED) is 0.0916. The minimum atomic E-state index is -0.898. The van der Waals surface area contributed by atoms with Crippen molar-refractivity contribution in [2.75, 3.05) is 28.3 Å². The van der Waals surface area contributed by atoms with Crippen LogP contribution in [0.2, 0.25) is 5.02 Å². The Labute approximate surface area is 260 Å². The van der Waals surface area contributed by atoms with Gasteiger partial charge in [0.15, 0.2) is 0 Å². The van der Waals surface area contributed by atoms with Crippen LogP contribution in [-0.4, -0.2) is 82.6 Å². The molecule has 1 aliphatic heterocycles. The molecule has 1 aromatic carbocycles. The fraction of sp³-hybridized carbons (Fsp3) is 0.594. The smallest absolute Gasteiger partial charge is 0.323 e. The third kappa shape index (κ3) is 10.6. The zero-order valence-electron chi connectivity index (χ0n) is 26.6. The van der Waals surface area contributed by atoms with E-state index in [4.69, 9.17) is 30.5 Å². The van der Waals surface area contributed by atoms with Gasteiger partial charge in [-0.1, -0.05) is 48.4 Å². The minimum Gasteiger partial charge on any atom is -0.495 e. The number of rotatable bonds is 19. The maximum Gasteiger partial charge on any atom is 0.323 e. The fourth-order valence-corrected chi connectivity index (χ4v) is 5.26. The summed E-state index contributed by atoms with van der Waals surface area (Å²) in [5, 5.41) is 9.32. The first-order valence-electron chi connectivity index (χ1n) is 14.6. The van der Waals surface area contributed by atoms with Crippen LogP contribution in [0.3, 0.4) is 0 Å². The van der Waals surface area contributed by atoms with Crippen LogP contribution >= 0.6 is 11.6 Å². The molecule has 1 fully saturated rings. The van der Waals surface area contributed by atoms with Crippen molar-refractivity contribution in [3.8, 4) is 5.75 Å². The summed E-state index contributed by atoms with van der Waals surface area (Å²) in [5.74, 6) is -0.303. The van der Waals surface area contributed by atoms with Crippen molar-refractivity contribution < 1.29 is 33.3 Å². The van der Waals surface area contributed by atoms with E-state index in [0.29, 0.717) is 30.1 Å². The lowest BCUT2D eigenvalue weighted by Gasteiger charge is -2.28. The molecule has 7 atom stereocenters. The van der Waals surface area contributed by atoms with Gasteiger partial charge in [-0.2, -0.15) is 0 Å². The fourth-order valence-electron chi connectivity index (χ4n) is 5.06. The summed E-state index contributed by atoms with van der Waals surface area (Å²) in [6, 6.07) is 5.25. The van der Waals surface area contributed by atoms with Crippen molar-refractivity contribution in [2.45, 2.75) is 89.4 Å². The number of esters is 1. The van der Waals surface area contributed by atoms with Crippen LogP contribution in [0, 0.1) is 5.92 Å². The van der Waals surface area contributed by atoms with Gasteiger partial charge in [0.05, 0.1) is 24.7 Å². The van der Waals surface area contributed by atoms with Crippen LogP contribution in [0.25, 0.3) is 0 Å². The second-order valence-corrected chi connectivity index (χ2v) is 11.6. The highest BCUT2D eigenvalue weighted by Gasteiger charge is 2.63. The summed E-state index contributed by atoms with van der Waals surface area (Å²) in [6.45, 7) is 7.98. The molecule has 1 aliphatic rings. The molecule has 3 N–H and O–H groups in total. The van der Waals surface area contributed by atoms with Crippen molar-refractivity contribution in [1.82, 2.24) is 16.0 Å². The lowest BCUT2D eigenvalue weighted by Crippen LogP contribution is -2.44. The average Bonchev–Trinajstić information content (AvgIpc) is 3.69. The van der Waals surface area contributed by atoms with E-state index in [2.05, 4.69) is 35.0 Å². The maximum atomic E-state index is 12.6. The van der Waals surface area contributed by atoms with E-state index in [0.717, 1.165) is 12.0 Å². The van der Waals surface area contributed by atoms with Crippen molar-refractivity contribution in [2.24, 2.45) is 5.92 Å². The van der Waals surface area contributed by atoms with Gasteiger partial charge in [0.2, 0.25) is 5.91 Å². The molecule has 0 bridgehead atoms. The maximum absolute atomic E-state index is 12.6. The lowest BCUT2D eigenvalue weighted by molar-refractivity contribution is -0.155. The van der Waals surface area contributed by atoms with Crippen LogP contribution in [0.5, 0.6) is 5.75 Å². The second-order valence-electron chi connectivity index (χ2n) is 11.2. The van der Waals surface area contributed by atoms with Crippen molar-refractivity contribution in [1.29, 1.82) is 0 Å². The molecule has 1 amide bonds. The van der Waals surface area contributed by atoms with Gasteiger partial charge in [-0.15, -0.1) is 0 Å². The molecule has 10 nitrogen and oxygen atoms in total. The third-order valence-corrected chi connectivity index (χ3v) is 8.39. The Morgan fingerprint density at radius 2 is 1.91 bits per heavy atom. The van der Waals surface area contributed by atoms with E-state index >= 15 is 0 Å². The van der Waals surface area contributed by atoms with Crippen LogP contribution in [-0.2, 0) is 35.0 Å². The zero-order valence-corrected chi connectivity index (χ0v) is 27.3. The van der Waals surface area contributed by atoms with E-state index in [1.165, 1.54) is 12.6 Å². The SMILES string of the molecule is CNC(=O)C[C@H](OC(=O)C(C)NC)C1(C)OC1[C@H](C)C(CC(C/C=C/C=C(\C)Cc1ccc(Cl)c(OC)c1)NC)OC=O. The number of benzene rings is 1. The van der Waals surface area contributed by atoms with Gasteiger partial charge in [-0.05, 0) is 65.4 Å². The van der Waals surface area contributed by atoms with Crippen molar-refractivity contribution in [3.63, 3.8) is 0 Å². The van der Waals surface area contributed by atoms with E-state index in [9.17, 15) is 14.4 Å². The Morgan fingerprint density at radius 1 is 1.19 bits per heavy atom. The van der Waals surface area contributed by atoms with Gasteiger partial charge in [0.1, 0.15) is 29.6 Å². The first kappa shape index (κ1) is 36.3. The Hall–Kier alpha value is -2.92. The molecule has 0 spiro atoms. The number of halogens is 1. The highest BCUT2D eigenvalue weighted by molar-refractivity contribution is 6.32. The average molecular weight is 622 g/mol. The molecule has 2 rings (SSSR count). The topological polar surface area (TPSA) is 128 Å². The zero-order chi connectivity index (χ0) is 32.2. The molecule has 0 aromatic heterocycles. The molecule has 0 saturated carbocycles. The third-order valence-electron chi connectivity index (χ3n) is 8.08. The number of carbonyl (C=O) groups excluding carboxylic acids is 3. The number of allylic oxidation sites excluding steroid dienone is 3. The molecule has 1 heterocycles. The van der Waals surface area contributed by atoms with E-state index in [-0.39, 0.29) is 30.4 Å². The summed E-state index contributed by atoms with van der Waals surface area (Å²) >= 11 is 6.13. The number of epoxide rings is 1. The van der Waals surface area contributed by atoms with Gasteiger partial charge < -0.3 is 34.9 Å². The lowest BCUT2D eigenvalue weighted by atomic mass is 9.85. The molecule has 43 heavy (non-hydrogen) atoms. The Kier molecular flexibility index (Phi) is 14.7. The van der Waals surface area contributed by atoms with Gasteiger partial charge in [-0.3, -0.25) is 14.4 Å². The molecule has 11 heteroatoms. The number of hydrogen-bond donors (Lipinski definition) is 3. The number of ether oxygens (including phenoxy) is 4. The number of carbonyl (C=O) groups is 3. The predicted octanol–water partition coefficient (Wildman–Crippen LogP) is 3.75. The predicted molar refractivity (Wildman–Crippen MR) is 167 cm³/mol. The first-order chi connectivity index (χ1) is 20.4. The van der Waals surface area contributed by atoms with E-state index in [1.807, 2.05) is 45.2 Å². The number of hydrogen-bond acceptors (Lipinski definition) is 9. The van der Waals surface area contributed by atoms with E-state index in [1.54, 1.807) is 21.1 Å². The van der Waals surface area contributed by atoms with E-state index < -0.39 is 29.8 Å². The summed E-state index contributed by atoms with van der Waals surface area (Å²) in [4.78, 5) is 36.3. The molecular weight excluding hydrogens is 574 g/mol. The molecule has 5 unspecified atom stereocenters. The molecule has 1 aromatic rings. The summed E-state index contributed by atoms with van der Waals surface area (Å²) in [6.07, 6.45) is 6.52. The molecule has 0 radical (unpaired) electrons. The second kappa shape index (κ2) is 17.4. The standard InChI is InChI=1S/C32H48ClN3O7/c1-20(15-23-13-14-25(33)27(16-23)40-8)11-9-10-12-24(35-6)17-26(41-19-37)21(2)30-32(4,43-30)28(18-29(38)36-7)42-31(39)22(3)34-5/h9-11,13-14,16,19,21-22,24,26,28,30,34-35H,12,15,17-18H2,1-8H3,(H,36,38)/b10-9+,20-11+/t21-,22?,24?,26?,28+,30?,32?/m1/s1. The Bertz CT molecular complexity index is 1140. The molecule has 240 valence electrons. The highest BCUT2D eigenvalue weighted by atomic mass is 35.5. The van der Waals surface area contributed by atoms with Crippen LogP contribution < -0.4 is 20.7 Å². The summed E-state index contributed by atoms with van der Waals surface area (Å²) in [7, 11) is 6.66. The Morgan fingerprint density at radius 3 is 2.51 bits per heavy atom. The number of amides is 1. The molecule has 1 saturated heterocycles. The highest BCUT2D eigenvalue weighted by Crippen LogP contribution is 2.48. The molecule has 0 aliphatic carbocycles. The van der Waals surface area contributed by atoms with Gasteiger partial charge >= 0.3 is 5.97 Å². The molecular formula is C32H48ClN3O7. The summed E-state index contributed by atoms with van der Waals surface area (Å²) in [5.41, 5.74) is 1.39. The minimum absolute atomic E-state index is 0.0267. The van der Waals surface area contributed by atoms with Crippen molar-refractivity contribution in [3.05, 3.63) is 52.6 Å². The normalized spacial score (nSPS) is 21.8. The number of likely N-dealkylation sites (N-methyl/N-ethyl adjacent to an activating group) is 1. The van der Waals surface area contributed by atoms with Crippen molar-refractivity contribution >= 4 is 29.9 Å². The first-order valence-corrected chi connectivity index (χ1v) is 15.0. The van der Waals surface area contributed by atoms with Gasteiger partial charge in [0.25, 0.3) is 6.47 Å².